The number of rotatable bonds is 6. The van der Waals surface area contributed by atoms with Crippen LogP contribution in [-0.4, -0.2) is 39.7 Å². The number of hydrogen-bond acceptors (Lipinski definition) is 7. The van der Waals surface area contributed by atoms with Crippen molar-refractivity contribution in [3.63, 3.8) is 0 Å². The van der Waals surface area contributed by atoms with Crippen molar-refractivity contribution in [3.8, 4) is 0 Å². The molecule has 1 amide bonds. The summed E-state index contributed by atoms with van der Waals surface area (Å²) in [4.78, 5) is 20.4. The van der Waals surface area contributed by atoms with Crippen LogP contribution in [0, 0.1) is 0 Å². The zero-order chi connectivity index (χ0) is 18.7. The fraction of sp³-hybridized carbons (Fsp3) is 0.200. The highest BCUT2D eigenvalue weighted by atomic mass is 32.2. The van der Waals surface area contributed by atoms with Crippen molar-refractivity contribution in [1.82, 2.24) is 24.9 Å². The van der Waals surface area contributed by atoms with Gasteiger partial charge in [-0.1, -0.05) is 23.9 Å². The fourth-order valence-corrected chi connectivity index (χ4v) is 3.37. The highest BCUT2D eigenvalue weighted by Crippen LogP contribution is 2.17. The zero-order valence-corrected chi connectivity index (χ0v) is 15.4. The Morgan fingerprint density at radius 1 is 1.35 bits per heavy atom. The van der Waals surface area contributed by atoms with E-state index in [0.717, 1.165) is 5.56 Å². The molecule has 2 aromatic heterocycles. The van der Waals surface area contributed by atoms with Gasteiger partial charge in [-0.15, -0.1) is 5.10 Å². The van der Waals surface area contributed by atoms with Crippen LogP contribution in [0.3, 0.4) is 0 Å². The van der Waals surface area contributed by atoms with E-state index in [-0.39, 0.29) is 22.6 Å². The van der Waals surface area contributed by atoms with Gasteiger partial charge in [-0.05, 0) is 30.7 Å². The fourth-order valence-electron chi connectivity index (χ4n) is 2.22. The average molecular weight is 392 g/mol. The van der Waals surface area contributed by atoms with Crippen LogP contribution in [0.25, 0.3) is 5.78 Å². The third-order valence-corrected chi connectivity index (χ3v) is 5.28. The number of primary sulfonamides is 1. The zero-order valence-electron chi connectivity index (χ0n) is 13.7. The molecule has 0 saturated carbocycles. The number of nitrogens with one attached hydrogen (secondary N) is 1. The Labute approximate surface area is 154 Å². The number of nitrogens with two attached hydrogens (primary N) is 1. The predicted octanol–water partition coefficient (Wildman–Crippen LogP) is 0.741. The van der Waals surface area contributed by atoms with Gasteiger partial charge >= 0.3 is 0 Å². The van der Waals surface area contributed by atoms with E-state index in [1.807, 2.05) is 6.92 Å². The van der Waals surface area contributed by atoms with Crippen molar-refractivity contribution < 1.29 is 13.2 Å². The predicted molar refractivity (Wildman–Crippen MR) is 95.9 cm³/mol. The number of hydrogen-bond donors (Lipinski definition) is 2. The van der Waals surface area contributed by atoms with Crippen LogP contribution in [0.2, 0.25) is 0 Å². The standard InChI is InChI=1S/C15H16N6O3S2/c1-10(11-3-5-12(6-4-11)26(16,23)24)18-13(22)9-25-15-19-14-17-7-2-8-21(14)20-15/h2-8,10H,9H2,1H3,(H,18,22)(H2,16,23,24). The van der Waals surface area contributed by atoms with Crippen molar-refractivity contribution in [3.05, 3.63) is 48.3 Å². The van der Waals surface area contributed by atoms with Crippen LogP contribution < -0.4 is 10.5 Å². The largest absolute Gasteiger partial charge is 0.349 e. The Kier molecular flexibility index (Phi) is 5.20. The molecule has 0 saturated heterocycles. The number of carbonyl (C=O) groups excluding carboxylic acids is 1. The first-order valence-corrected chi connectivity index (χ1v) is 10.1. The van der Waals surface area contributed by atoms with E-state index >= 15 is 0 Å². The highest BCUT2D eigenvalue weighted by Gasteiger charge is 2.13. The maximum absolute atomic E-state index is 12.1. The number of sulfonamides is 1. The molecule has 0 aliphatic carbocycles. The van der Waals surface area contributed by atoms with Gasteiger partial charge in [0.2, 0.25) is 21.1 Å². The van der Waals surface area contributed by atoms with Gasteiger partial charge in [0.05, 0.1) is 16.7 Å². The summed E-state index contributed by atoms with van der Waals surface area (Å²) in [5, 5.41) is 12.6. The minimum atomic E-state index is -3.73. The Morgan fingerprint density at radius 2 is 2.08 bits per heavy atom. The first kappa shape index (κ1) is 18.3. The first-order valence-electron chi connectivity index (χ1n) is 7.55. The summed E-state index contributed by atoms with van der Waals surface area (Å²) in [7, 11) is -3.73. The summed E-state index contributed by atoms with van der Waals surface area (Å²) in [6.07, 6.45) is 3.35. The van der Waals surface area contributed by atoms with Gasteiger partial charge in [0.25, 0.3) is 5.78 Å². The summed E-state index contributed by atoms with van der Waals surface area (Å²) in [6.45, 7) is 1.81. The smallest absolute Gasteiger partial charge is 0.253 e. The lowest BCUT2D eigenvalue weighted by atomic mass is 10.1. The van der Waals surface area contributed by atoms with Gasteiger partial charge in [-0.3, -0.25) is 4.79 Å². The maximum atomic E-state index is 12.1. The van der Waals surface area contributed by atoms with Crippen molar-refractivity contribution in [1.29, 1.82) is 0 Å². The number of carbonyl (C=O) groups is 1. The van der Waals surface area contributed by atoms with Crippen molar-refractivity contribution in [2.24, 2.45) is 5.14 Å². The monoisotopic (exact) mass is 392 g/mol. The van der Waals surface area contributed by atoms with Crippen molar-refractivity contribution in [2.75, 3.05) is 5.75 Å². The number of aromatic nitrogens is 4. The summed E-state index contributed by atoms with van der Waals surface area (Å²) in [6, 6.07) is 7.52. The summed E-state index contributed by atoms with van der Waals surface area (Å²) < 4.78 is 24.1. The summed E-state index contributed by atoms with van der Waals surface area (Å²) >= 11 is 1.21. The average Bonchev–Trinajstić information content (AvgIpc) is 3.02. The Balaban J connectivity index is 1.57. The lowest BCUT2D eigenvalue weighted by Gasteiger charge is -2.14. The van der Waals surface area contributed by atoms with Crippen LogP contribution in [0.4, 0.5) is 0 Å². The number of thioether (sulfide) groups is 1. The van der Waals surface area contributed by atoms with Gasteiger partial charge in [-0.25, -0.2) is 23.1 Å². The molecule has 3 N–H and O–H groups in total. The van der Waals surface area contributed by atoms with Crippen LogP contribution in [-0.2, 0) is 14.8 Å². The molecule has 3 aromatic rings. The molecule has 0 bridgehead atoms. The maximum Gasteiger partial charge on any atom is 0.253 e. The molecule has 1 unspecified atom stereocenters. The molecule has 26 heavy (non-hydrogen) atoms. The van der Waals surface area contributed by atoms with Gasteiger partial charge in [0, 0.05) is 12.4 Å². The second-order valence-electron chi connectivity index (χ2n) is 5.45. The minimum Gasteiger partial charge on any atom is -0.349 e. The second-order valence-corrected chi connectivity index (χ2v) is 7.95. The second kappa shape index (κ2) is 7.40. The molecule has 9 nitrogen and oxygen atoms in total. The van der Waals surface area contributed by atoms with E-state index in [4.69, 9.17) is 5.14 Å². The molecule has 1 atom stereocenters. The van der Waals surface area contributed by atoms with E-state index in [0.29, 0.717) is 10.9 Å². The minimum absolute atomic E-state index is 0.0295. The third-order valence-electron chi connectivity index (χ3n) is 3.52. The number of nitrogens with zero attached hydrogens (tertiary/aromatic N) is 4. The molecule has 11 heteroatoms. The van der Waals surface area contributed by atoms with E-state index in [1.165, 1.54) is 28.4 Å². The first-order chi connectivity index (χ1) is 12.3. The number of benzene rings is 1. The third kappa shape index (κ3) is 4.36. The lowest BCUT2D eigenvalue weighted by Crippen LogP contribution is -2.28. The van der Waals surface area contributed by atoms with Crippen LogP contribution >= 0.6 is 11.8 Å². The van der Waals surface area contributed by atoms with Crippen molar-refractivity contribution >= 4 is 33.5 Å². The molecule has 1 aromatic carbocycles. The molecular formula is C15H16N6O3S2. The Morgan fingerprint density at radius 3 is 2.73 bits per heavy atom. The number of fused-ring (bicyclic) bond motifs is 1. The van der Waals surface area contributed by atoms with Gasteiger partial charge in [0.1, 0.15) is 0 Å². The molecule has 3 rings (SSSR count). The SMILES string of the molecule is CC(NC(=O)CSc1nc2ncccn2n1)c1ccc(S(N)(=O)=O)cc1. The van der Waals surface area contributed by atoms with Crippen molar-refractivity contribution in [2.45, 2.75) is 23.0 Å². The van der Waals surface area contributed by atoms with Crippen LogP contribution in [0.5, 0.6) is 0 Å². The molecule has 136 valence electrons. The molecule has 2 heterocycles. The molecular weight excluding hydrogens is 376 g/mol. The van der Waals surface area contributed by atoms with Gasteiger partial charge < -0.3 is 5.32 Å². The molecule has 0 spiro atoms. The summed E-state index contributed by atoms with van der Waals surface area (Å²) in [5.41, 5.74) is 0.769. The molecule has 0 fully saturated rings. The normalized spacial score (nSPS) is 12.8. The number of amides is 1. The van der Waals surface area contributed by atoms with E-state index < -0.39 is 10.0 Å². The van der Waals surface area contributed by atoms with E-state index in [9.17, 15) is 13.2 Å². The quantitative estimate of drug-likeness (QED) is 0.591. The molecule has 0 aliphatic rings. The Bertz CT molecular complexity index is 1000. The highest BCUT2D eigenvalue weighted by molar-refractivity contribution is 7.99. The van der Waals surface area contributed by atoms with Gasteiger partial charge in [0.15, 0.2) is 0 Å². The summed E-state index contributed by atoms with van der Waals surface area (Å²) in [5.74, 6) is 0.430. The topological polar surface area (TPSA) is 132 Å². The molecule has 0 aliphatic heterocycles. The Hall–Kier alpha value is -2.50. The lowest BCUT2D eigenvalue weighted by molar-refractivity contribution is -0.119. The van der Waals surface area contributed by atoms with E-state index in [2.05, 4.69) is 20.4 Å². The molecule has 0 radical (unpaired) electrons. The van der Waals surface area contributed by atoms with Gasteiger partial charge in [-0.2, -0.15) is 4.98 Å². The van der Waals surface area contributed by atoms with E-state index in [1.54, 1.807) is 30.6 Å². The van der Waals surface area contributed by atoms with Crippen LogP contribution in [0.1, 0.15) is 18.5 Å². The van der Waals surface area contributed by atoms with Crippen LogP contribution in [0.15, 0.2) is 52.8 Å².